The predicted molar refractivity (Wildman–Crippen MR) is 74.2 cm³/mol. The van der Waals surface area contributed by atoms with E-state index < -0.39 is 0 Å². The van der Waals surface area contributed by atoms with Gasteiger partial charge < -0.3 is 11.1 Å². The Morgan fingerprint density at radius 1 is 1.29 bits per heavy atom. The highest BCUT2D eigenvalue weighted by Crippen LogP contribution is 2.29. The molecule has 0 saturated heterocycles. The van der Waals surface area contributed by atoms with Crippen molar-refractivity contribution in [3.8, 4) is 0 Å². The smallest absolute Gasteiger partial charge is 0.0374 e. The summed E-state index contributed by atoms with van der Waals surface area (Å²) in [5, 5.41) is 3.72. The van der Waals surface area contributed by atoms with E-state index >= 15 is 0 Å². The lowest BCUT2D eigenvalue weighted by atomic mass is 10.0. The maximum absolute atomic E-state index is 5.83. The summed E-state index contributed by atoms with van der Waals surface area (Å²) in [4.78, 5) is 0. The Morgan fingerprint density at radius 3 is 2.88 bits per heavy atom. The molecule has 0 radical (unpaired) electrons. The number of hydrogen-bond acceptors (Lipinski definition) is 2. The van der Waals surface area contributed by atoms with E-state index in [-0.39, 0.29) is 0 Å². The molecule has 3 N–H and O–H groups in total. The van der Waals surface area contributed by atoms with Crippen molar-refractivity contribution in [2.24, 2.45) is 11.7 Å². The molecule has 1 aliphatic carbocycles. The second kappa shape index (κ2) is 6.06. The number of anilines is 1. The molecule has 2 heteroatoms. The number of benzene rings is 1. The second-order valence-corrected chi connectivity index (χ2v) is 5.08. The molecule has 1 aliphatic rings. The highest BCUT2D eigenvalue weighted by molar-refractivity contribution is 5.52. The van der Waals surface area contributed by atoms with Gasteiger partial charge in [-0.15, -0.1) is 0 Å². The van der Waals surface area contributed by atoms with Gasteiger partial charge in [-0.05, 0) is 43.4 Å². The lowest BCUT2D eigenvalue weighted by molar-refractivity contribution is 0.516. The Morgan fingerprint density at radius 2 is 2.12 bits per heavy atom. The van der Waals surface area contributed by atoms with Crippen molar-refractivity contribution in [2.45, 2.75) is 45.1 Å². The zero-order valence-corrected chi connectivity index (χ0v) is 10.8. The van der Waals surface area contributed by atoms with Gasteiger partial charge in [-0.3, -0.25) is 0 Å². The predicted octanol–water partition coefficient (Wildman–Crippen LogP) is 3.18. The van der Waals surface area contributed by atoms with Gasteiger partial charge in [0.25, 0.3) is 0 Å². The molecule has 0 bridgehead atoms. The van der Waals surface area contributed by atoms with Crippen molar-refractivity contribution < 1.29 is 0 Å². The van der Waals surface area contributed by atoms with Gasteiger partial charge in [0.15, 0.2) is 0 Å². The fraction of sp³-hybridized carbons (Fsp3) is 0.600. The lowest BCUT2D eigenvalue weighted by Gasteiger charge is -2.22. The topological polar surface area (TPSA) is 38.0 Å². The van der Waals surface area contributed by atoms with Gasteiger partial charge >= 0.3 is 0 Å². The van der Waals surface area contributed by atoms with Crippen molar-refractivity contribution in [3.63, 3.8) is 0 Å². The van der Waals surface area contributed by atoms with E-state index in [1.807, 2.05) is 0 Å². The molecule has 2 nitrogen and oxygen atoms in total. The quantitative estimate of drug-likeness (QED) is 0.818. The van der Waals surface area contributed by atoms with Gasteiger partial charge in [0.1, 0.15) is 0 Å². The van der Waals surface area contributed by atoms with Gasteiger partial charge in [-0.1, -0.05) is 38.0 Å². The first-order valence-corrected chi connectivity index (χ1v) is 6.89. The van der Waals surface area contributed by atoms with Crippen LogP contribution in [0.15, 0.2) is 24.3 Å². The third-order valence-electron chi connectivity index (χ3n) is 3.84. The minimum Gasteiger partial charge on any atom is -0.382 e. The van der Waals surface area contributed by atoms with E-state index in [9.17, 15) is 0 Å². The third kappa shape index (κ3) is 3.01. The second-order valence-electron chi connectivity index (χ2n) is 5.08. The van der Waals surface area contributed by atoms with Crippen LogP contribution in [0.4, 0.5) is 5.69 Å². The molecule has 1 aromatic carbocycles. The van der Waals surface area contributed by atoms with Gasteiger partial charge in [-0.25, -0.2) is 0 Å². The molecule has 1 aromatic rings. The fourth-order valence-electron chi connectivity index (χ4n) is 2.86. The standard InChI is InChI=1S/C15H24N2/c1-2-6-12-7-3-4-9-14(12)17-15-10-5-8-13(15)11-16/h3-4,7,9,13,15,17H,2,5-6,8,10-11,16H2,1H3. The first-order valence-electron chi connectivity index (χ1n) is 6.89. The molecule has 0 aromatic heterocycles. The highest BCUT2D eigenvalue weighted by atomic mass is 14.9. The van der Waals surface area contributed by atoms with E-state index in [1.165, 1.54) is 36.9 Å². The minimum atomic E-state index is 0.581. The first kappa shape index (κ1) is 12.4. The number of rotatable bonds is 5. The van der Waals surface area contributed by atoms with Crippen LogP contribution in [0, 0.1) is 5.92 Å². The Labute approximate surface area is 105 Å². The van der Waals surface area contributed by atoms with Crippen LogP contribution in [0.3, 0.4) is 0 Å². The fourth-order valence-corrected chi connectivity index (χ4v) is 2.86. The third-order valence-corrected chi connectivity index (χ3v) is 3.84. The van der Waals surface area contributed by atoms with E-state index in [0.29, 0.717) is 12.0 Å². The molecule has 2 atom stereocenters. The van der Waals surface area contributed by atoms with E-state index in [4.69, 9.17) is 5.73 Å². The van der Waals surface area contributed by atoms with Crippen LogP contribution in [0.2, 0.25) is 0 Å². The SMILES string of the molecule is CCCc1ccccc1NC1CCCC1CN. The maximum atomic E-state index is 5.83. The molecule has 0 amide bonds. The van der Waals surface area contributed by atoms with Crippen LogP contribution in [0.5, 0.6) is 0 Å². The van der Waals surface area contributed by atoms with Gasteiger partial charge in [-0.2, -0.15) is 0 Å². The summed E-state index contributed by atoms with van der Waals surface area (Å²) >= 11 is 0. The summed E-state index contributed by atoms with van der Waals surface area (Å²) in [6.07, 6.45) is 6.22. The zero-order valence-electron chi connectivity index (χ0n) is 10.8. The average molecular weight is 232 g/mol. The summed E-state index contributed by atoms with van der Waals surface area (Å²) in [5.74, 6) is 0.657. The van der Waals surface area contributed by atoms with Crippen LogP contribution in [0.25, 0.3) is 0 Å². The van der Waals surface area contributed by atoms with E-state index in [0.717, 1.165) is 13.0 Å². The van der Waals surface area contributed by atoms with E-state index in [1.54, 1.807) is 0 Å². The van der Waals surface area contributed by atoms with Gasteiger partial charge in [0.05, 0.1) is 0 Å². The van der Waals surface area contributed by atoms with Crippen molar-refractivity contribution in [3.05, 3.63) is 29.8 Å². The summed E-state index contributed by atoms with van der Waals surface area (Å²) < 4.78 is 0. The van der Waals surface area contributed by atoms with Crippen molar-refractivity contribution >= 4 is 5.69 Å². The van der Waals surface area contributed by atoms with Crippen LogP contribution in [0.1, 0.15) is 38.2 Å². The molecule has 0 aliphatic heterocycles. The summed E-state index contributed by atoms with van der Waals surface area (Å²) in [5.41, 5.74) is 8.60. The number of nitrogens with two attached hydrogens (primary N) is 1. The van der Waals surface area contributed by atoms with Crippen LogP contribution in [-0.4, -0.2) is 12.6 Å². The number of hydrogen-bond donors (Lipinski definition) is 2. The highest BCUT2D eigenvalue weighted by Gasteiger charge is 2.26. The zero-order chi connectivity index (χ0) is 12.1. The maximum Gasteiger partial charge on any atom is 0.0374 e. The summed E-state index contributed by atoms with van der Waals surface area (Å²) in [6.45, 7) is 3.04. The Hall–Kier alpha value is -1.02. The van der Waals surface area contributed by atoms with Crippen LogP contribution in [-0.2, 0) is 6.42 Å². The minimum absolute atomic E-state index is 0.581. The Balaban J connectivity index is 2.07. The van der Waals surface area contributed by atoms with Gasteiger partial charge in [0.2, 0.25) is 0 Å². The largest absolute Gasteiger partial charge is 0.382 e. The average Bonchev–Trinajstić information content (AvgIpc) is 2.79. The molecule has 1 fully saturated rings. The normalized spacial score (nSPS) is 23.9. The van der Waals surface area contributed by atoms with Crippen molar-refractivity contribution in [1.29, 1.82) is 0 Å². The molecule has 0 spiro atoms. The first-order chi connectivity index (χ1) is 8.35. The molecular formula is C15H24N2. The monoisotopic (exact) mass is 232 g/mol. The lowest BCUT2D eigenvalue weighted by Crippen LogP contribution is -2.29. The van der Waals surface area contributed by atoms with E-state index in [2.05, 4.69) is 36.5 Å². The summed E-state index contributed by atoms with van der Waals surface area (Å²) in [7, 11) is 0. The Kier molecular flexibility index (Phi) is 4.43. The van der Waals surface area contributed by atoms with Crippen LogP contribution >= 0.6 is 0 Å². The molecule has 1 saturated carbocycles. The molecule has 94 valence electrons. The molecular weight excluding hydrogens is 208 g/mol. The molecule has 2 unspecified atom stereocenters. The van der Waals surface area contributed by atoms with Gasteiger partial charge in [0, 0.05) is 11.7 Å². The summed E-state index contributed by atoms with van der Waals surface area (Å²) in [6, 6.07) is 9.27. The number of para-hydroxylation sites is 1. The molecule has 17 heavy (non-hydrogen) atoms. The Bertz CT molecular complexity index is 349. The van der Waals surface area contributed by atoms with Crippen molar-refractivity contribution in [2.75, 3.05) is 11.9 Å². The van der Waals surface area contributed by atoms with Crippen molar-refractivity contribution in [1.82, 2.24) is 0 Å². The number of nitrogens with one attached hydrogen (secondary N) is 1. The van der Waals surface area contributed by atoms with Crippen LogP contribution < -0.4 is 11.1 Å². The molecule has 0 heterocycles. The molecule has 2 rings (SSSR count). The number of aryl methyl sites for hydroxylation is 1.